The minimum atomic E-state index is -0.618. The first kappa shape index (κ1) is 17.7. The number of amides is 1. The second-order valence-corrected chi connectivity index (χ2v) is 5.49. The molecule has 1 heterocycles. The molecule has 0 unspecified atom stereocenters. The van der Waals surface area contributed by atoms with Crippen LogP contribution in [0.4, 0.5) is 0 Å². The quantitative estimate of drug-likeness (QED) is 0.789. The lowest BCUT2D eigenvalue weighted by molar-refractivity contribution is -0.125. The van der Waals surface area contributed by atoms with E-state index in [2.05, 4.69) is 10.5 Å². The van der Waals surface area contributed by atoms with Gasteiger partial charge in [0.2, 0.25) is 0 Å². The standard InChI is InChI=1S/C18H22N2O4/c1-4-14(5-2)19-15(21)11-23-18(22)16-12(3)24-20-17(16)13-9-7-6-8-10-13/h6-10,14H,4-5,11H2,1-3H3,(H,19,21). The van der Waals surface area contributed by atoms with Crippen LogP contribution in [0.25, 0.3) is 11.3 Å². The van der Waals surface area contributed by atoms with E-state index in [0.717, 1.165) is 18.4 Å². The van der Waals surface area contributed by atoms with E-state index >= 15 is 0 Å². The van der Waals surface area contributed by atoms with Gasteiger partial charge in [-0.2, -0.15) is 0 Å². The van der Waals surface area contributed by atoms with Crippen LogP contribution in [0.1, 0.15) is 42.8 Å². The van der Waals surface area contributed by atoms with Crippen molar-refractivity contribution < 1.29 is 18.8 Å². The molecule has 1 amide bonds. The summed E-state index contributed by atoms with van der Waals surface area (Å²) in [5.41, 5.74) is 1.41. The van der Waals surface area contributed by atoms with Crippen LogP contribution < -0.4 is 5.32 Å². The first-order valence-corrected chi connectivity index (χ1v) is 8.04. The van der Waals surface area contributed by atoms with Gasteiger partial charge < -0.3 is 14.6 Å². The maximum Gasteiger partial charge on any atom is 0.344 e. The van der Waals surface area contributed by atoms with Gasteiger partial charge in [-0.1, -0.05) is 49.3 Å². The van der Waals surface area contributed by atoms with E-state index < -0.39 is 5.97 Å². The van der Waals surface area contributed by atoms with E-state index in [1.807, 2.05) is 44.2 Å². The fourth-order valence-corrected chi connectivity index (χ4v) is 2.37. The van der Waals surface area contributed by atoms with Crippen LogP contribution in [0.3, 0.4) is 0 Å². The monoisotopic (exact) mass is 330 g/mol. The van der Waals surface area contributed by atoms with Crippen LogP contribution in [0, 0.1) is 6.92 Å². The van der Waals surface area contributed by atoms with Gasteiger partial charge in [0.15, 0.2) is 6.61 Å². The fraction of sp³-hybridized carbons (Fsp3) is 0.389. The molecule has 6 nitrogen and oxygen atoms in total. The number of aryl methyl sites for hydroxylation is 1. The molecule has 0 aliphatic heterocycles. The Morgan fingerprint density at radius 2 is 1.88 bits per heavy atom. The van der Waals surface area contributed by atoms with Crippen molar-refractivity contribution in [1.82, 2.24) is 10.5 Å². The zero-order valence-corrected chi connectivity index (χ0v) is 14.2. The minimum absolute atomic E-state index is 0.0911. The molecule has 0 fully saturated rings. The number of carbonyl (C=O) groups is 2. The number of carbonyl (C=O) groups excluding carboxylic acids is 2. The van der Waals surface area contributed by atoms with Gasteiger partial charge in [0, 0.05) is 11.6 Å². The van der Waals surface area contributed by atoms with Crippen LogP contribution >= 0.6 is 0 Å². The van der Waals surface area contributed by atoms with E-state index in [1.165, 1.54) is 0 Å². The molecule has 0 atom stereocenters. The molecule has 1 aromatic carbocycles. The number of ether oxygens (including phenoxy) is 1. The molecule has 0 aliphatic rings. The summed E-state index contributed by atoms with van der Waals surface area (Å²) in [6.07, 6.45) is 1.66. The number of esters is 1. The molecular formula is C18H22N2O4. The number of aromatic nitrogens is 1. The lowest BCUT2D eigenvalue weighted by Crippen LogP contribution is -2.36. The molecule has 0 saturated heterocycles. The van der Waals surface area contributed by atoms with Crippen LogP contribution in [0.2, 0.25) is 0 Å². The van der Waals surface area contributed by atoms with E-state index in [-0.39, 0.29) is 24.1 Å². The third kappa shape index (κ3) is 4.22. The van der Waals surface area contributed by atoms with Gasteiger partial charge in [-0.3, -0.25) is 4.79 Å². The maximum atomic E-state index is 12.3. The third-order valence-corrected chi connectivity index (χ3v) is 3.80. The summed E-state index contributed by atoms with van der Waals surface area (Å²) < 4.78 is 10.3. The van der Waals surface area contributed by atoms with E-state index in [9.17, 15) is 9.59 Å². The van der Waals surface area contributed by atoms with Gasteiger partial charge in [0.05, 0.1) is 0 Å². The van der Waals surface area contributed by atoms with Gasteiger partial charge >= 0.3 is 5.97 Å². The van der Waals surface area contributed by atoms with E-state index in [0.29, 0.717) is 11.5 Å². The molecule has 2 aromatic rings. The predicted octanol–water partition coefficient (Wildman–Crippen LogP) is 3.11. The summed E-state index contributed by atoms with van der Waals surface area (Å²) in [5.74, 6) is -0.570. The minimum Gasteiger partial charge on any atom is -0.452 e. The van der Waals surface area contributed by atoms with Crippen molar-refractivity contribution in [3.05, 3.63) is 41.7 Å². The van der Waals surface area contributed by atoms with Crippen LogP contribution in [0.5, 0.6) is 0 Å². The van der Waals surface area contributed by atoms with Crippen molar-refractivity contribution in [2.75, 3.05) is 6.61 Å². The van der Waals surface area contributed by atoms with Crippen LogP contribution in [-0.2, 0) is 9.53 Å². The van der Waals surface area contributed by atoms with Gasteiger partial charge in [-0.25, -0.2) is 4.79 Å². The highest BCUT2D eigenvalue weighted by molar-refractivity contribution is 5.98. The zero-order chi connectivity index (χ0) is 17.5. The maximum absolute atomic E-state index is 12.3. The highest BCUT2D eigenvalue weighted by atomic mass is 16.5. The van der Waals surface area contributed by atoms with Crippen molar-refractivity contribution >= 4 is 11.9 Å². The Morgan fingerprint density at radius 1 is 1.21 bits per heavy atom. The highest BCUT2D eigenvalue weighted by Crippen LogP contribution is 2.25. The highest BCUT2D eigenvalue weighted by Gasteiger charge is 2.23. The molecule has 2 rings (SSSR count). The molecule has 0 bridgehead atoms. The molecule has 1 aromatic heterocycles. The number of rotatable bonds is 7. The number of nitrogens with one attached hydrogen (secondary N) is 1. The Bertz CT molecular complexity index is 690. The summed E-state index contributed by atoms with van der Waals surface area (Å²) in [4.78, 5) is 24.2. The zero-order valence-electron chi connectivity index (χ0n) is 14.2. The summed E-state index contributed by atoms with van der Waals surface area (Å²) in [5, 5.41) is 6.76. The molecular weight excluding hydrogens is 308 g/mol. The van der Waals surface area contributed by atoms with Gasteiger partial charge in [-0.05, 0) is 19.8 Å². The average Bonchev–Trinajstić information content (AvgIpc) is 3.00. The number of hydrogen-bond donors (Lipinski definition) is 1. The van der Waals surface area contributed by atoms with Gasteiger partial charge in [0.1, 0.15) is 17.0 Å². The first-order valence-electron chi connectivity index (χ1n) is 8.04. The first-order chi connectivity index (χ1) is 11.6. The Labute approximate surface area is 141 Å². The average molecular weight is 330 g/mol. The van der Waals surface area contributed by atoms with E-state index in [1.54, 1.807) is 6.92 Å². The lowest BCUT2D eigenvalue weighted by atomic mass is 10.1. The molecule has 0 saturated carbocycles. The predicted molar refractivity (Wildman–Crippen MR) is 89.5 cm³/mol. The number of nitrogens with zero attached hydrogens (tertiary/aromatic N) is 1. The molecule has 6 heteroatoms. The van der Waals surface area contributed by atoms with Crippen LogP contribution in [0.15, 0.2) is 34.9 Å². The number of hydrogen-bond acceptors (Lipinski definition) is 5. The smallest absolute Gasteiger partial charge is 0.344 e. The molecule has 0 radical (unpaired) electrons. The van der Waals surface area contributed by atoms with Crippen LogP contribution in [-0.4, -0.2) is 29.7 Å². The molecule has 24 heavy (non-hydrogen) atoms. The summed E-state index contributed by atoms with van der Waals surface area (Å²) in [7, 11) is 0. The molecule has 0 aliphatic carbocycles. The van der Waals surface area contributed by atoms with Gasteiger partial charge in [0.25, 0.3) is 5.91 Å². The Hall–Kier alpha value is -2.63. The Balaban J connectivity index is 2.06. The van der Waals surface area contributed by atoms with Gasteiger partial charge in [-0.15, -0.1) is 0 Å². The van der Waals surface area contributed by atoms with Crippen molar-refractivity contribution in [3.8, 4) is 11.3 Å². The SMILES string of the molecule is CCC(CC)NC(=O)COC(=O)c1c(-c2ccccc2)noc1C. The number of benzene rings is 1. The summed E-state index contributed by atoms with van der Waals surface area (Å²) in [6, 6.07) is 9.31. The lowest BCUT2D eigenvalue weighted by Gasteiger charge is -2.14. The normalized spacial score (nSPS) is 10.7. The largest absolute Gasteiger partial charge is 0.452 e. The Kier molecular flexibility index (Phi) is 6.12. The molecule has 0 spiro atoms. The second-order valence-electron chi connectivity index (χ2n) is 5.49. The van der Waals surface area contributed by atoms with E-state index in [4.69, 9.17) is 9.26 Å². The molecule has 1 N–H and O–H groups in total. The summed E-state index contributed by atoms with van der Waals surface area (Å²) in [6.45, 7) is 5.30. The second kappa shape index (κ2) is 8.29. The summed E-state index contributed by atoms with van der Waals surface area (Å²) >= 11 is 0. The van der Waals surface area contributed by atoms with Crippen molar-refractivity contribution in [3.63, 3.8) is 0 Å². The third-order valence-electron chi connectivity index (χ3n) is 3.80. The van der Waals surface area contributed by atoms with Crippen molar-refractivity contribution in [2.45, 2.75) is 39.7 Å². The fourth-order valence-electron chi connectivity index (χ4n) is 2.37. The molecule has 128 valence electrons. The van der Waals surface area contributed by atoms with Crippen molar-refractivity contribution in [1.29, 1.82) is 0 Å². The van der Waals surface area contributed by atoms with Crippen molar-refractivity contribution in [2.24, 2.45) is 0 Å². The Morgan fingerprint density at radius 3 is 2.50 bits per heavy atom. The topological polar surface area (TPSA) is 81.4 Å².